The number of carbonyl (C=O) groups excluding carboxylic acids is 1. The second kappa shape index (κ2) is 6.78. The van der Waals surface area contributed by atoms with Crippen LogP contribution < -0.4 is 5.32 Å². The second-order valence-electron chi connectivity index (χ2n) is 4.90. The van der Waals surface area contributed by atoms with Crippen molar-refractivity contribution in [3.8, 4) is 0 Å². The first-order valence-corrected chi connectivity index (χ1v) is 6.95. The van der Waals surface area contributed by atoms with Gasteiger partial charge in [-0.1, -0.05) is 23.7 Å². The molecule has 0 aromatic heterocycles. The van der Waals surface area contributed by atoms with E-state index in [0.717, 1.165) is 18.4 Å². The van der Waals surface area contributed by atoms with E-state index in [1.807, 2.05) is 24.3 Å². The Hall–Kier alpha value is -1.26. The lowest BCUT2D eigenvalue weighted by Crippen LogP contribution is -2.44. The summed E-state index contributed by atoms with van der Waals surface area (Å²) in [4.78, 5) is 13.8. The number of likely N-dealkylation sites (tertiary alicyclic amines) is 1. The maximum absolute atomic E-state index is 12.0. The molecule has 0 spiro atoms. The predicted molar refractivity (Wildman–Crippen MR) is 75.1 cm³/mol. The highest BCUT2D eigenvalue weighted by atomic mass is 35.5. The van der Waals surface area contributed by atoms with Crippen molar-refractivity contribution in [2.75, 3.05) is 19.7 Å². The molecular weight excluding hydrogens is 264 g/mol. The van der Waals surface area contributed by atoms with Crippen molar-refractivity contribution < 1.29 is 9.90 Å². The van der Waals surface area contributed by atoms with E-state index in [0.29, 0.717) is 30.6 Å². The fraction of sp³-hybridized carbons (Fsp3) is 0.500. The monoisotopic (exact) mass is 282 g/mol. The first kappa shape index (κ1) is 14.2. The molecule has 2 amide bonds. The summed E-state index contributed by atoms with van der Waals surface area (Å²) in [6.45, 7) is 2.14. The minimum absolute atomic E-state index is 0.0450. The maximum Gasteiger partial charge on any atom is 0.317 e. The van der Waals surface area contributed by atoms with E-state index in [1.54, 1.807) is 4.90 Å². The summed E-state index contributed by atoms with van der Waals surface area (Å²) >= 11 is 5.89. The third-order valence-electron chi connectivity index (χ3n) is 3.49. The van der Waals surface area contributed by atoms with Crippen LogP contribution >= 0.6 is 11.6 Å². The van der Waals surface area contributed by atoms with Gasteiger partial charge in [-0.15, -0.1) is 0 Å². The Balaban J connectivity index is 1.79. The topological polar surface area (TPSA) is 52.6 Å². The molecule has 2 N–H and O–H groups in total. The van der Waals surface area contributed by atoms with Crippen LogP contribution in [-0.2, 0) is 6.54 Å². The number of amides is 2. The number of carbonyl (C=O) groups is 1. The fourth-order valence-electron chi connectivity index (χ4n) is 2.26. The number of nitrogens with one attached hydrogen (secondary N) is 1. The Labute approximate surface area is 118 Å². The van der Waals surface area contributed by atoms with Crippen LogP contribution in [0, 0.1) is 5.92 Å². The number of hydrogen-bond donors (Lipinski definition) is 2. The standard InChI is InChI=1S/C14H19ClN2O2/c15-13-3-1-2-12(8-13)9-16-14(19)17-6-4-11(10-18)5-7-17/h1-3,8,11,18H,4-7,9-10H2,(H,16,19). The molecule has 4 nitrogen and oxygen atoms in total. The van der Waals surface area contributed by atoms with Crippen LogP contribution in [0.4, 0.5) is 4.79 Å². The van der Waals surface area contributed by atoms with E-state index in [2.05, 4.69) is 5.32 Å². The van der Waals surface area contributed by atoms with E-state index in [9.17, 15) is 4.79 Å². The zero-order valence-electron chi connectivity index (χ0n) is 10.8. The number of halogens is 1. The van der Waals surface area contributed by atoms with Crippen LogP contribution in [0.5, 0.6) is 0 Å². The molecule has 1 heterocycles. The molecule has 1 aliphatic rings. The summed E-state index contributed by atoms with van der Waals surface area (Å²) < 4.78 is 0. The highest BCUT2D eigenvalue weighted by molar-refractivity contribution is 6.30. The van der Waals surface area contributed by atoms with Gasteiger partial charge in [-0.25, -0.2) is 4.79 Å². The van der Waals surface area contributed by atoms with E-state index in [1.165, 1.54) is 0 Å². The Morgan fingerprint density at radius 1 is 1.42 bits per heavy atom. The largest absolute Gasteiger partial charge is 0.396 e. The molecule has 0 unspecified atom stereocenters. The number of piperidine rings is 1. The number of aliphatic hydroxyl groups is 1. The SMILES string of the molecule is O=C(NCc1cccc(Cl)c1)N1CCC(CO)CC1. The van der Waals surface area contributed by atoms with Gasteiger partial charge in [0.15, 0.2) is 0 Å². The van der Waals surface area contributed by atoms with Crippen molar-refractivity contribution in [3.05, 3.63) is 34.9 Å². The number of aliphatic hydroxyl groups excluding tert-OH is 1. The molecule has 1 aromatic carbocycles. The minimum atomic E-state index is -0.0450. The van der Waals surface area contributed by atoms with E-state index < -0.39 is 0 Å². The smallest absolute Gasteiger partial charge is 0.317 e. The number of nitrogens with zero attached hydrogens (tertiary/aromatic N) is 1. The molecule has 0 aliphatic carbocycles. The van der Waals surface area contributed by atoms with Crippen LogP contribution in [0.2, 0.25) is 5.02 Å². The molecule has 19 heavy (non-hydrogen) atoms. The van der Waals surface area contributed by atoms with Gasteiger partial charge in [0.25, 0.3) is 0 Å². The second-order valence-corrected chi connectivity index (χ2v) is 5.34. The molecule has 104 valence electrons. The van der Waals surface area contributed by atoms with Gasteiger partial charge in [-0.05, 0) is 36.5 Å². The molecule has 1 saturated heterocycles. The predicted octanol–water partition coefficient (Wildman–Crippen LogP) is 2.25. The van der Waals surface area contributed by atoms with Gasteiger partial charge < -0.3 is 15.3 Å². The third kappa shape index (κ3) is 4.11. The molecule has 0 radical (unpaired) electrons. The normalized spacial score (nSPS) is 16.4. The van der Waals surface area contributed by atoms with Crippen molar-refractivity contribution >= 4 is 17.6 Å². The quantitative estimate of drug-likeness (QED) is 0.893. The summed E-state index contributed by atoms with van der Waals surface area (Å²) in [7, 11) is 0. The fourth-order valence-corrected chi connectivity index (χ4v) is 2.47. The van der Waals surface area contributed by atoms with Gasteiger partial charge in [0.1, 0.15) is 0 Å². The minimum Gasteiger partial charge on any atom is -0.396 e. The van der Waals surface area contributed by atoms with Crippen LogP contribution in [0.3, 0.4) is 0 Å². The average Bonchev–Trinajstić information content (AvgIpc) is 2.45. The number of urea groups is 1. The van der Waals surface area contributed by atoms with Crippen molar-refractivity contribution in [1.82, 2.24) is 10.2 Å². The molecule has 1 aromatic rings. The van der Waals surface area contributed by atoms with Crippen molar-refractivity contribution in [2.45, 2.75) is 19.4 Å². The lowest BCUT2D eigenvalue weighted by Gasteiger charge is -2.31. The number of rotatable bonds is 3. The Bertz CT molecular complexity index is 431. The van der Waals surface area contributed by atoms with Gasteiger partial charge in [0.2, 0.25) is 0 Å². The van der Waals surface area contributed by atoms with Crippen molar-refractivity contribution in [1.29, 1.82) is 0 Å². The van der Waals surface area contributed by atoms with Gasteiger partial charge in [-0.3, -0.25) is 0 Å². The average molecular weight is 283 g/mol. The van der Waals surface area contributed by atoms with Gasteiger partial charge in [-0.2, -0.15) is 0 Å². The summed E-state index contributed by atoms with van der Waals surface area (Å²) in [6, 6.07) is 7.42. The van der Waals surface area contributed by atoms with Crippen molar-refractivity contribution in [2.24, 2.45) is 5.92 Å². The third-order valence-corrected chi connectivity index (χ3v) is 3.73. The molecule has 0 atom stereocenters. The van der Waals surface area contributed by atoms with Crippen LogP contribution in [-0.4, -0.2) is 35.7 Å². The van der Waals surface area contributed by atoms with E-state index in [-0.39, 0.29) is 12.6 Å². The maximum atomic E-state index is 12.0. The van der Waals surface area contributed by atoms with Gasteiger partial charge >= 0.3 is 6.03 Å². The number of benzene rings is 1. The Morgan fingerprint density at radius 2 is 2.16 bits per heavy atom. The lowest BCUT2D eigenvalue weighted by molar-refractivity contribution is 0.137. The first-order chi connectivity index (χ1) is 9.19. The summed E-state index contributed by atoms with van der Waals surface area (Å²) in [5, 5.41) is 12.6. The Morgan fingerprint density at radius 3 is 2.79 bits per heavy atom. The van der Waals surface area contributed by atoms with Crippen LogP contribution in [0.25, 0.3) is 0 Å². The van der Waals surface area contributed by atoms with Crippen LogP contribution in [0.1, 0.15) is 18.4 Å². The molecule has 1 aliphatic heterocycles. The molecule has 1 fully saturated rings. The number of hydrogen-bond acceptors (Lipinski definition) is 2. The molecule has 2 rings (SSSR count). The van der Waals surface area contributed by atoms with E-state index >= 15 is 0 Å². The molecule has 5 heteroatoms. The molecule has 0 bridgehead atoms. The Kier molecular flexibility index (Phi) is 5.05. The zero-order chi connectivity index (χ0) is 13.7. The summed E-state index contributed by atoms with van der Waals surface area (Å²) in [6.07, 6.45) is 1.75. The summed E-state index contributed by atoms with van der Waals surface area (Å²) in [5.74, 6) is 0.344. The summed E-state index contributed by atoms with van der Waals surface area (Å²) in [5.41, 5.74) is 0.992. The first-order valence-electron chi connectivity index (χ1n) is 6.57. The van der Waals surface area contributed by atoms with Crippen molar-refractivity contribution in [3.63, 3.8) is 0 Å². The van der Waals surface area contributed by atoms with Crippen LogP contribution in [0.15, 0.2) is 24.3 Å². The zero-order valence-corrected chi connectivity index (χ0v) is 11.6. The molecule has 0 saturated carbocycles. The highest BCUT2D eigenvalue weighted by Crippen LogP contribution is 2.16. The molecular formula is C14H19ClN2O2. The highest BCUT2D eigenvalue weighted by Gasteiger charge is 2.21. The van der Waals surface area contributed by atoms with E-state index in [4.69, 9.17) is 16.7 Å². The van der Waals surface area contributed by atoms with Gasteiger partial charge in [0, 0.05) is 31.3 Å². The lowest BCUT2D eigenvalue weighted by atomic mass is 9.98. The van der Waals surface area contributed by atoms with Gasteiger partial charge in [0.05, 0.1) is 0 Å².